The van der Waals surface area contributed by atoms with Crippen LogP contribution in [0.5, 0.6) is 0 Å². The van der Waals surface area contributed by atoms with Crippen molar-refractivity contribution in [3.8, 4) is 12.3 Å². The maximum atomic E-state index is 12.6. The van der Waals surface area contributed by atoms with E-state index in [-0.39, 0.29) is 5.91 Å². The number of carbonyl (C=O) groups excluding carboxylic acids is 1. The van der Waals surface area contributed by atoms with Crippen LogP contribution in [-0.2, 0) is 4.74 Å². The van der Waals surface area contributed by atoms with Crippen LogP contribution in [-0.4, -0.2) is 42.1 Å². The molecule has 1 amide bonds. The lowest BCUT2D eigenvalue weighted by atomic mass is 9.97. The smallest absolute Gasteiger partial charge is 0.272 e. The minimum absolute atomic E-state index is 0.0127. The zero-order valence-corrected chi connectivity index (χ0v) is 13.1. The summed E-state index contributed by atoms with van der Waals surface area (Å²) in [4.78, 5) is 19.0. The molecule has 4 heteroatoms. The maximum Gasteiger partial charge on any atom is 0.272 e. The van der Waals surface area contributed by atoms with Gasteiger partial charge in [0.25, 0.3) is 5.91 Å². The number of amides is 1. The summed E-state index contributed by atoms with van der Waals surface area (Å²) in [6, 6.07) is 11.6. The SMILES string of the molecule is C#CCOCC1CCN(C(=O)c2ccc3ccccc3n2)CC1. The summed E-state index contributed by atoms with van der Waals surface area (Å²) in [7, 11) is 0. The molecule has 0 radical (unpaired) electrons. The van der Waals surface area contributed by atoms with E-state index in [1.807, 2.05) is 41.3 Å². The van der Waals surface area contributed by atoms with Crippen molar-refractivity contribution >= 4 is 16.8 Å². The van der Waals surface area contributed by atoms with Gasteiger partial charge in [0.05, 0.1) is 12.1 Å². The van der Waals surface area contributed by atoms with Crippen LogP contribution in [0.4, 0.5) is 0 Å². The number of piperidine rings is 1. The Labute approximate surface area is 136 Å². The van der Waals surface area contributed by atoms with Crippen LogP contribution in [0.2, 0.25) is 0 Å². The highest BCUT2D eigenvalue weighted by Gasteiger charge is 2.24. The number of hydrogen-bond donors (Lipinski definition) is 0. The summed E-state index contributed by atoms with van der Waals surface area (Å²) in [5.74, 6) is 2.97. The lowest BCUT2D eigenvalue weighted by molar-refractivity contribution is 0.0577. The van der Waals surface area contributed by atoms with Crippen molar-refractivity contribution in [1.82, 2.24) is 9.88 Å². The van der Waals surface area contributed by atoms with Crippen molar-refractivity contribution in [2.24, 2.45) is 5.92 Å². The van der Waals surface area contributed by atoms with Gasteiger partial charge in [-0.1, -0.05) is 30.2 Å². The molecular weight excluding hydrogens is 288 g/mol. The Balaban J connectivity index is 1.61. The molecule has 3 rings (SSSR count). The van der Waals surface area contributed by atoms with Gasteiger partial charge < -0.3 is 9.64 Å². The molecule has 0 unspecified atom stereocenters. The molecular formula is C19H20N2O2. The Morgan fingerprint density at radius 3 is 2.83 bits per heavy atom. The van der Waals surface area contributed by atoms with E-state index in [1.165, 1.54) is 0 Å². The first kappa shape index (κ1) is 15.5. The van der Waals surface area contributed by atoms with Crippen molar-refractivity contribution in [3.05, 3.63) is 42.1 Å². The van der Waals surface area contributed by atoms with Crippen molar-refractivity contribution in [3.63, 3.8) is 0 Å². The van der Waals surface area contributed by atoms with Crippen molar-refractivity contribution in [2.75, 3.05) is 26.3 Å². The lowest BCUT2D eigenvalue weighted by Gasteiger charge is -2.31. The standard InChI is InChI=1S/C19H20N2O2/c1-2-13-23-14-15-9-11-21(12-10-15)19(22)18-8-7-16-5-3-4-6-17(16)20-18/h1,3-8,15H,9-14H2. The first-order valence-corrected chi connectivity index (χ1v) is 7.94. The van der Waals surface area contributed by atoms with Gasteiger partial charge in [-0.25, -0.2) is 4.98 Å². The second kappa shape index (κ2) is 7.26. The highest BCUT2D eigenvalue weighted by molar-refractivity contribution is 5.94. The Kier molecular flexibility index (Phi) is 4.89. The molecule has 2 heterocycles. The molecule has 0 atom stereocenters. The molecule has 1 aliphatic rings. The fourth-order valence-corrected chi connectivity index (χ4v) is 2.93. The molecule has 1 fully saturated rings. The van der Waals surface area contributed by atoms with Gasteiger partial charge in [-0.2, -0.15) is 0 Å². The number of pyridine rings is 1. The molecule has 2 aromatic rings. The van der Waals surface area contributed by atoms with Gasteiger partial charge in [0.2, 0.25) is 0 Å². The molecule has 1 aliphatic heterocycles. The molecule has 1 aromatic heterocycles. The zero-order valence-electron chi connectivity index (χ0n) is 13.1. The van der Waals surface area contributed by atoms with Gasteiger partial charge in [-0.05, 0) is 30.9 Å². The Hall–Kier alpha value is -2.38. The summed E-state index contributed by atoms with van der Waals surface area (Å²) in [5, 5.41) is 1.05. The first-order valence-electron chi connectivity index (χ1n) is 7.94. The average molecular weight is 308 g/mol. The topological polar surface area (TPSA) is 42.4 Å². The molecule has 1 saturated heterocycles. The Morgan fingerprint density at radius 1 is 1.26 bits per heavy atom. The van der Waals surface area contributed by atoms with Crippen LogP contribution in [0.1, 0.15) is 23.3 Å². The second-order valence-electron chi connectivity index (χ2n) is 5.84. The predicted octanol–water partition coefficient (Wildman–Crippen LogP) is 2.74. The number of benzene rings is 1. The number of para-hydroxylation sites is 1. The summed E-state index contributed by atoms with van der Waals surface area (Å²) in [6.45, 7) is 2.54. The maximum absolute atomic E-state index is 12.6. The van der Waals surface area contributed by atoms with E-state index in [0.29, 0.717) is 24.8 Å². The number of carbonyl (C=O) groups is 1. The van der Waals surface area contributed by atoms with Gasteiger partial charge in [-0.15, -0.1) is 6.42 Å². The van der Waals surface area contributed by atoms with E-state index < -0.39 is 0 Å². The van der Waals surface area contributed by atoms with Crippen LogP contribution < -0.4 is 0 Å². The molecule has 118 valence electrons. The highest BCUT2D eigenvalue weighted by Crippen LogP contribution is 2.20. The van der Waals surface area contributed by atoms with E-state index in [1.54, 1.807) is 0 Å². The van der Waals surface area contributed by atoms with Gasteiger partial charge >= 0.3 is 0 Å². The van der Waals surface area contributed by atoms with E-state index in [0.717, 1.165) is 36.8 Å². The van der Waals surface area contributed by atoms with E-state index in [4.69, 9.17) is 11.2 Å². The quantitative estimate of drug-likeness (QED) is 0.644. The number of ether oxygens (including phenoxy) is 1. The fraction of sp³-hybridized carbons (Fsp3) is 0.368. The molecule has 23 heavy (non-hydrogen) atoms. The Morgan fingerprint density at radius 2 is 2.04 bits per heavy atom. The van der Waals surface area contributed by atoms with Gasteiger partial charge in [-0.3, -0.25) is 4.79 Å². The monoisotopic (exact) mass is 308 g/mol. The number of fused-ring (bicyclic) bond motifs is 1. The summed E-state index contributed by atoms with van der Waals surface area (Å²) < 4.78 is 5.40. The van der Waals surface area contributed by atoms with Crippen molar-refractivity contribution in [2.45, 2.75) is 12.8 Å². The van der Waals surface area contributed by atoms with Gasteiger partial charge in [0, 0.05) is 18.5 Å². The average Bonchev–Trinajstić information content (AvgIpc) is 2.61. The third-order valence-electron chi connectivity index (χ3n) is 4.26. The van der Waals surface area contributed by atoms with Crippen molar-refractivity contribution in [1.29, 1.82) is 0 Å². The predicted molar refractivity (Wildman–Crippen MR) is 90.0 cm³/mol. The van der Waals surface area contributed by atoms with Gasteiger partial charge in [0.15, 0.2) is 0 Å². The second-order valence-corrected chi connectivity index (χ2v) is 5.84. The summed E-state index contributed by atoms with van der Waals surface area (Å²) in [6.07, 6.45) is 7.07. The zero-order chi connectivity index (χ0) is 16.1. The van der Waals surface area contributed by atoms with E-state index in [9.17, 15) is 4.79 Å². The summed E-state index contributed by atoms with van der Waals surface area (Å²) >= 11 is 0. The van der Waals surface area contributed by atoms with E-state index in [2.05, 4.69) is 10.9 Å². The largest absolute Gasteiger partial charge is 0.369 e. The fourth-order valence-electron chi connectivity index (χ4n) is 2.93. The number of terminal acetylenes is 1. The molecule has 0 N–H and O–H groups in total. The van der Waals surface area contributed by atoms with Crippen LogP contribution in [0.25, 0.3) is 10.9 Å². The number of aromatic nitrogens is 1. The van der Waals surface area contributed by atoms with Crippen molar-refractivity contribution < 1.29 is 9.53 Å². The third-order valence-corrected chi connectivity index (χ3v) is 4.26. The first-order chi connectivity index (χ1) is 11.3. The summed E-state index contributed by atoms with van der Waals surface area (Å²) in [5.41, 5.74) is 1.38. The lowest BCUT2D eigenvalue weighted by Crippen LogP contribution is -2.39. The Bertz CT molecular complexity index is 727. The minimum Gasteiger partial charge on any atom is -0.369 e. The molecule has 4 nitrogen and oxygen atoms in total. The highest BCUT2D eigenvalue weighted by atomic mass is 16.5. The third kappa shape index (κ3) is 3.69. The van der Waals surface area contributed by atoms with Crippen LogP contribution >= 0.6 is 0 Å². The molecule has 1 aromatic carbocycles. The molecule has 0 bridgehead atoms. The number of rotatable bonds is 4. The van der Waals surface area contributed by atoms with Crippen LogP contribution in [0.3, 0.4) is 0 Å². The molecule has 0 spiro atoms. The van der Waals surface area contributed by atoms with Gasteiger partial charge in [0.1, 0.15) is 12.3 Å². The molecule has 0 aliphatic carbocycles. The normalized spacial score (nSPS) is 15.5. The number of likely N-dealkylation sites (tertiary alicyclic amines) is 1. The number of nitrogens with zero attached hydrogens (tertiary/aromatic N) is 2. The number of hydrogen-bond acceptors (Lipinski definition) is 3. The van der Waals surface area contributed by atoms with Crippen LogP contribution in [0.15, 0.2) is 36.4 Å². The van der Waals surface area contributed by atoms with E-state index >= 15 is 0 Å². The molecule has 0 saturated carbocycles. The minimum atomic E-state index is 0.0127. The van der Waals surface area contributed by atoms with Crippen LogP contribution in [0, 0.1) is 18.3 Å².